The number of carbonyl (C=O) groups excluding carboxylic acids is 2. The van der Waals surface area contributed by atoms with E-state index in [-0.39, 0.29) is 17.3 Å². The first-order valence-electron chi connectivity index (χ1n) is 14.3. The average molecular weight is 578 g/mol. The zero-order chi connectivity index (χ0) is 30.2. The third-order valence-electron chi connectivity index (χ3n) is 7.20. The van der Waals surface area contributed by atoms with Gasteiger partial charge in [0, 0.05) is 13.1 Å². The summed E-state index contributed by atoms with van der Waals surface area (Å²) >= 11 is 0. The molecule has 0 aliphatic rings. The highest BCUT2D eigenvalue weighted by atomic mass is 32.2. The van der Waals surface area contributed by atoms with Gasteiger partial charge in [0.05, 0.1) is 10.6 Å². The Kier molecular flexibility index (Phi) is 11.1. The molecule has 3 aromatic carbocycles. The molecule has 220 valence electrons. The van der Waals surface area contributed by atoms with Gasteiger partial charge in [-0.15, -0.1) is 0 Å². The number of nitrogens with one attached hydrogen (secondary N) is 1. The van der Waals surface area contributed by atoms with Crippen LogP contribution >= 0.6 is 0 Å². The van der Waals surface area contributed by atoms with E-state index in [9.17, 15) is 18.0 Å². The second-order valence-electron chi connectivity index (χ2n) is 10.7. The van der Waals surface area contributed by atoms with Crippen molar-refractivity contribution in [3.63, 3.8) is 0 Å². The molecule has 0 saturated heterocycles. The fourth-order valence-corrected chi connectivity index (χ4v) is 6.26. The van der Waals surface area contributed by atoms with Gasteiger partial charge in [0.15, 0.2) is 0 Å². The Bertz CT molecular complexity index is 1430. The van der Waals surface area contributed by atoms with Crippen LogP contribution in [0, 0.1) is 27.7 Å². The summed E-state index contributed by atoms with van der Waals surface area (Å²) in [6.07, 6.45) is 2.16. The summed E-state index contributed by atoms with van der Waals surface area (Å²) in [5.41, 5.74) is 5.00. The van der Waals surface area contributed by atoms with Crippen molar-refractivity contribution >= 4 is 27.5 Å². The van der Waals surface area contributed by atoms with Gasteiger partial charge in [-0.25, -0.2) is 8.42 Å². The minimum Gasteiger partial charge on any atom is -0.354 e. The quantitative estimate of drug-likeness (QED) is 0.259. The number of benzene rings is 3. The van der Waals surface area contributed by atoms with Crippen LogP contribution in [0.4, 0.5) is 5.69 Å². The molecule has 8 heteroatoms. The normalized spacial score (nSPS) is 12.0. The third-order valence-corrected chi connectivity index (χ3v) is 8.99. The Labute approximate surface area is 245 Å². The van der Waals surface area contributed by atoms with E-state index in [1.54, 1.807) is 36.4 Å². The fourth-order valence-electron chi connectivity index (χ4n) is 4.86. The Balaban J connectivity index is 2.08. The number of nitrogens with zero attached hydrogens (tertiary/aromatic N) is 2. The van der Waals surface area contributed by atoms with Gasteiger partial charge in [0.2, 0.25) is 11.8 Å². The summed E-state index contributed by atoms with van der Waals surface area (Å²) in [7, 11) is -4.10. The number of rotatable bonds is 13. The number of hydrogen-bond donors (Lipinski definition) is 1. The van der Waals surface area contributed by atoms with Gasteiger partial charge in [0.1, 0.15) is 12.6 Å². The first-order valence-corrected chi connectivity index (χ1v) is 15.7. The lowest BCUT2D eigenvalue weighted by atomic mass is 10.1. The smallest absolute Gasteiger partial charge is 0.264 e. The molecule has 0 aromatic heterocycles. The van der Waals surface area contributed by atoms with Crippen molar-refractivity contribution in [3.8, 4) is 0 Å². The highest BCUT2D eigenvalue weighted by Gasteiger charge is 2.34. The summed E-state index contributed by atoms with van der Waals surface area (Å²) in [5, 5.41) is 2.97. The van der Waals surface area contributed by atoms with Gasteiger partial charge in [-0.3, -0.25) is 13.9 Å². The Morgan fingerprint density at radius 1 is 0.854 bits per heavy atom. The highest BCUT2D eigenvalue weighted by Crippen LogP contribution is 2.27. The molecule has 1 N–H and O–H groups in total. The van der Waals surface area contributed by atoms with Crippen LogP contribution in [0.5, 0.6) is 0 Å². The minimum absolute atomic E-state index is 0.102. The number of amides is 2. The maximum atomic E-state index is 14.2. The van der Waals surface area contributed by atoms with Crippen molar-refractivity contribution in [1.82, 2.24) is 10.2 Å². The van der Waals surface area contributed by atoms with Crippen LogP contribution in [0.3, 0.4) is 0 Å². The van der Waals surface area contributed by atoms with Crippen molar-refractivity contribution in [2.75, 3.05) is 17.4 Å². The standard InChI is InChI=1S/C33H43N3O4S/c1-7-9-18-34-33(38)31(8-2)35(22-28-13-11-10-12-27(28)6)32(37)23-36(29-20-25(4)19-26(5)21-29)41(39,40)30-16-14-24(3)15-17-30/h10-17,19-21,31H,7-9,18,22-23H2,1-6H3,(H,34,38). The lowest BCUT2D eigenvalue weighted by Gasteiger charge is -2.33. The number of carbonyl (C=O) groups is 2. The monoisotopic (exact) mass is 577 g/mol. The summed E-state index contributed by atoms with van der Waals surface area (Å²) in [6, 6.07) is 19.1. The molecule has 0 radical (unpaired) electrons. The molecule has 3 rings (SSSR count). The van der Waals surface area contributed by atoms with Crippen LogP contribution in [-0.4, -0.2) is 44.3 Å². The molecule has 3 aromatic rings. The molecular weight excluding hydrogens is 534 g/mol. The van der Waals surface area contributed by atoms with Crippen LogP contribution < -0.4 is 9.62 Å². The molecule has 2 amide bonds. The molecule has 0 spiro atoms. The molecule has 0 aliphatic heterocycles. The zero-order valence-corrected chi connectivity index (χ0v) is 25.9. The summed E-state index contributed by atoms with van der Waals surface area (Å²) in [5.74, 6) is -0.678. The molecule has 0 heterocycles. The predicted molar refractivity (Wildman–Crippen MR) is 165 cm³/mol. The van der Waals surface area contributed by atoms with Crippen LogP contribution in [0.15, 0.2) is 71.6 Å². The van der Waals surface area contributed by atoms with Crippen molar-refractivity contribution in [3.05, 3.63) is 94.5 Å². The van der Waals surface area contributed by atoms with E-state index < -0.39 is 28.5 Å². The van der Waals surface area contributed by atoms with Gasteiger partial charge < -0.3 is 10.2 Å². The molecule has 1 atom stereocenters. The van der Waals surface area contributed by atoms with Crippen molar-refractivity contribution in [1.29, 1.82) is 0 Å². The van der Waals surface area contributed by atoms with E-state index in [1.165, 1.54) is 9.21 Å². The number of sulfonamides is 1. The second kappa shape index (κ2) is 14.3. The second-order valence-corrected chi connectivity index (χ2v) is 12.5. The van der Waals surface area contributed by atoms with E-state index in [0.29, 0.717) is 18.7 Å². The van der Waals surface area contributed by atoms with Crippen LogP contribution in [-0.2, 0) is 26.2 Å². The first kappa shape index (κ1) is 31.9. The Morgan fingerprint density at radius 3 is 2.07 bits per heavy atom. The van der Waals surface area contributed by atoms with Crippen LogP contribution in [0.25, 0.3) is 0 Å². The van der Waals surface area contributed by atoms with Gasteiger partial charge in [-0.05, 0) is 87.1 Å². The average Bonchev–Trinajstić information content (AvgIpc) is 2.92. The maximum absolute atomic E-state index is 14.2. The lowest BCUT2D eigenvalue weighted by molar-refractivity contribution is -0.140. The third kappa shape index (κ3) is 8.19. The van der Waals surface area contributed by atoms with E-state index in [2.05, 4.69) is 5.32 Å². The van der Waals surface area contributed by atoms with Gasteiger partial charge in [-0.1, -0.05) is 68.3 Å². The van der Waals surface area contributed by atoms with Crippen LogP contribution in [0.1, 0.15) is 60.9 Å². The first-order chi connectivity index (χ1) is 19.5. The van der Waals surface area contributed by atoms with E-state index >= 15 is 0 Å². The molecular formula is C33H43N3O4S. The van der Waals surface area contributed by atoms with Gasteiger partial charge in [0.25, 0.3) is 10.0 Å². The predicted octanol–water partition coefficient (Wildman–Crippen LogP) is 5.84. The molecule has 0 aliphatic carbocycles. The maximum Gasteiger partial charge on any atom is 0.264 e. The molecule has 0 saturated carbocycles. The van der Waals surface area contributed by atoms with Crippen LogP contribution in [0.2, 0.25) is 0 Å². The molecule has 0 bridgehead atoms. The summed E-state index contributed by atoms with van der Waals surface area (Å²) in [6.45, 7) is 11.8. The van der Waals surface area contributed by atoms with E-state index in [4.69, 9.17) is 0 Å². The SMILES string of the molecule is CCCCNC(=O)C(CC)N(Cc1ccccc1C)C(=O)CN(c1cc(C)cc(C)c1)S(=O)(=O)c1ccc(C)cc1. The minimum atomic E-state index is -4.10. The number of hydrogen-bond acceptors (Lipinski definition) is 4. The van der Waals surface area contributed by atoms with Gasteiger partial charge in [-0.2, -0.15) is 0 Å². The Hall–Kier alpha value is -3.65. The summed E-state index contributed by atoms with van der Waals surface area (Å²) in [4.78, 5) is 29.2. The van der Waals surface area contributed by atoms with E-state index in [1.807, 2.05) is 71.9 Å². The van der Waals surface area contributed by atoms with Crippen molar-refractivity contribution < 1.29 is 18.0 Å². The topological polar surface area (TPSA) is 86.8 Å². The van der Waals surface area contributed by atoms with Crippen molar-refractivity contribution in [2.45, 2.75) is 78.3 Å². The summed E-state index contributed by atoms with van der Waals surface area (Å²) < 4.78 is 29.3. The lowest BCUT2D eigenvalue weighted by Crippen LogP contribution is -2.52. The zero-order valence-electron chi connectivity index (χ0n) is 25.1. The van der Waals surface area contributed by atoms with Gasteiger partial charge >= 0.3 is 0 Å². The van der Waals surface area contributed by atoms with E-state index in [0.717, 1.165) is 40.7 Å². The largest absolute Gasteiger partial charge is 0.354 e. The molecule has 1 unspecified atom stereocenters. The van der Waals surface area contributed by atoms with Crippen molar-refractivity contribution in [2.24, 2.45) is 0 Å². The number of aryl methyl sites for hydroxylation is 4. The Morgan fingerprint density at radius 2 is 1.49 bits per heavy atom. The molecule has 0 fully saturated rings. The number of anilines is 1. The fraction of sp³-hybridized carbons (Fsp3) is 0.394. The molecule has 41 heavy (non-hydrogen) atoms. The number of unbranched alkanes of at least 4 members (excludes halogenated alkanes) is 1. The molecule has 7 nitrogen and oxygen atoms in total. The highest BCUT2D eigenvalue weighted by molar-refractivity contribution is 7.92.